The number of ether oxygens (including phenoxy) is 1. The van der Waals surface area contributed by atoms with E-state index >= 15 is 0 Å². The summed E-state index contributed by atoms with van der Waals surface area (Å²) in [5, 5.41) is 6.36. The molecule has 0 saturated carbocycles. The number of aromatic nitrogens is 4. The van der Waals surface area contributed by atoms with E-state index in [0.29, 0.717) is 25.3 Å². The van der Waals surface area contributed by atoms with Gasteiger partial charge in [0.25, 0.3) is 5.56 Å². The molecule has 0 atom stereocenters. The number of fused-ring (bicyclic) bond motifs is 1. The molecule has 0 aliphatic carbocycles. The summed E-state index contributed by atoms with van der Waals surface area (Å²) in [6, 6.07) is 5.86. The zero-order valence-electron chi connectivity index (χ0n) is 13.8. The first-order chi connectivity index (χ1) is 12.2. The molecule has 0 fully saturated rings. The highest BCUT2D eigenvalue weighted by Crippen LogP contribution is 2.29. The molecule has 4 heterocycles. The molecular weight excluding hydrogens is 318 g/mol. The van der Waals surface area contributed by atoms with Crippen molar-refractivity contribution in [1.82, 2.24) is 20.2 Å². The molecule has 7 heteroatoms. The van der Waals surface area contributed by atoms with Crippen LogP contribution in [0.25, 0.3) is 0 Å². The average Bonchev–Trinajstić information content (AvgIpc) is 3.06. The smallest absolute Gasteiger partial charge is 0.269 e. The molecule has 0 bridgehead atoms. The number of nitrogens with one attached hydrogen (secondary N) is 1. The normalized spacial score (nSPS) is 12.9. The van der Waals surface area contributed by atoms with Crippen LogP contribution in [0.1, 0.15) is 22.4 Å². The van der Waals surface area contributed by atoms with Crippen molar-refractivity contribution in [3.8, 4) is 5.75 Å². The third-order valence-electron chi connectivity index (χ3n) is 4.28. The van der Waals surface area contributed by atoms with Gasteiger partial charge in [-0.05, 0) is 24.6 Å². The van der Waals surface area contributed by atoms with Crippen molar-refractivity contribution in [2.75, 3.05) is 4.90 Å². The van der Waals surface area contributed by atoms with Gasteiger partial charge >= 0.3 is 0 Å². The van der Waals surface area contributed by atoms with E-state index in [-0.39, 0.29) is 5.56 Å². The largest absolute Gasteiger partial charge is 0.487 e. The molecule has 0 spiro atoms. The van der Waals surface area contributed by atoms with Crippen LogP contribution in [0, 0.1) is 6.92 Å². The van der Waals surface area contributed by atoms with Gasteiger partial charge in [0.15, 0.2) is 0 Å². The highest BCUT2D eigenvalue weighted by atomic mass is 16.5. The Morgan fingerprint density at radius 2 is 2.20 bits per heavy atom. The van der Waals surface area contributed by atoms with Crippen LogP contribution in [0.4, 0.5) is 5.69 Å². The maximum atomic E-state index is 11.8. The Morgan fingerprint density at radius 1 is 1.28 bits per heavy atom. The lowest BCUT2D eigenvalue weighted by atomic mass is 10.2. The molecule has 0 radical (unpaired) electrons. The van der Waals surface area contributed by atoms with Gasteiger partial charge < -0.3 is 9.64 Å². The Bertz CT molecular complexity index is 955. The minimum Gasteiger partial charge on any atom is -0.487 e. The Balaban J connectivity index is 1.50. The first-order valence-corrected chi connectivity index (χ1v) is 7.99. The monoisotopic (exact) mass is 335 g/mol. The van der Waals surface area contributed by atoms with Crippen LogP contribution in [0.2, 0.25) is 0 Å². The average molecular weight is 335 g/mol. The van der Waals surface area contributed by atoms with Gasteiger partial charge in [-0.3, -0.25) is 14.8 Å². The second-order valence-corrected chi connectivity index (χ2v) is 5.99. The maximum absolute atomic E-state index is 11.8. The van der Waals surface area contributed by atoms with Crippen LogP contribution >= 0.6 is 0 Å². The lowest BCUT2D eigenvalue weighted by Crippen LogP contribution is -2.21. The number of rotatable bonds is 4. The van der Waals surface area contributed by atoms with Gasteiger partial charge in [0, 0.05) is 30.1 Å². The van der Waals surface area contributed by atoms with E-state index in [9.17, 15) is 4.79 Å². The van der Waals surface area contributed by atoms with Crippen molar-refractivity contribution in [1.29, 1.82) is 0 Å². The van der Waals surface area contributed by atoms with Gasteiger partial charge in [-0.2, -0.15) is 5.10 Å². The Morgan fingerprint density at radius 3 is 3.04 bits per heavy atom. The summed E-state index contributed by atoms with van der Waals surface area (Å²) in [5.41, 5.74) is 4.43. The van der Waals surface area contributed by atoms with E-state index in [1.807, 2.05) is 18.2 Å². The summed E-state index contributed by atoms with van der Waals surface area (Å²) in [7, 11) is 0. The van der Waals surface area contributed by atoms with E-state index in [4.69, 9.17) is 4.74 Å². The van der Waals surface area contributed by atoms with Crippen molar-refractivity contribution >= 4 is 5.69 Å². The summed E-state index contributed by atoms with van der Waals surface area (Å²) >= 11 is 0. The molecule has 3 aromatic rings. The first-order valence-electron chi connectivity index (χ1n) is 7.99. The van der Waals surface area contributed by atoms with Crippen LogP contribution in [-0.4, -0.2) is 20.2 Å². The van der Waals surface area contributed by atoms with E-state index < -0.39 is 0 Å². The van der Waals surface area contributed by atoms with E-state index in [0.717, 1.165) is 28.3 Å². The van der Waals surface area contributed by atoms with Gasteiger partial charge in [-0.25, -0.2) is 5.10 Å². The van der Waals surface area contributed by atoms with Crippen molar-refractivity contribution in [3.63, 3.8) is 0 Å². The fourth-order valence-electron chi connectivity index (χ4n) is 2.91. The number of hydrogen-bond acceptors (Lipinski definition) is 6. The number of pyridine rings is 2. The van der Waals surface area contributed by atoms with Crippen LogP contribution in [0.5, 0.6) is 5.75 Å². The summed E-state index contributed by atoms with van der Waals surface area (Å²) < 4.78 is 5.81. The summed E-state index contributed by atoms with van der Waals surface area (Å²) in [5.74, 6) is 0.727. The molecule has 7 nitrogen and oxygen atoms in total. The molecule has 1 N–H and O–H groups in total. The molecule has 1 aliphatic rings. The molecule has 3 aromatic heterocycles. The van der Waals surface area contributed by atoms with E-state index in [1.165, 1.54) is 0 Å². The van der Waals surface area contributed by atoms with E-state index in [2.05, 4.69) is 25.1 Å². The Kier molecular flexibility index (Phi) is 3.89. The second-order valence-electron chi connectivity index (χ2n) is 5.99. The standard InChI is InChI=1S/C18H17N5O2/c1-12-17(8-21-22-18(12)24)23-9-14-5-15(7-20-16(14)10-23)25-11-13-3-2-4-19-6-13/h2-8H,9-11H2,1H3,(H,22,24). The predicted octanol–water partition coefficient (Wildman–Crippen LogP) is 1.97. The zero-order chi connectivity index (χ0) is 17.2. The van der Waals surface area contributed by atoms with Gasteiger partial charge in [-0.15, -0.1) is 0 Å². The quantitative estimate of drug-likeness (QED) is 0.785. The highest BCUT2D eigenvalue weighted by molar-refractivity contribution is 5.54. The lowest BCUT2D eigenvalue weighted by molar-refractivity contribution is 0.304. The second kappa shape index (κ2) is 6.35. The topological polar surface area (TPSA) is 84.0 Å². The fourth-order valence-corrected chi connectivity index (χ4v) is 2.91. The van der Waals surface area contributed by atoms with Crippen molar-refractivity contribution in [2.24, 2.45) is 0 Å². The summed E-state index contributed by atoms with van der Waals surface area (Å²) in [4.78, 5) is 22.4. The first kappa shape index (κ1) is 15.3. The van der Waals surface area contributed by atoms with Crippen molar-refractivity contribution in [2.45, 2.75) is 26.6 Å². The maximum Gasteiger partial charge on any atom is 0.269 e. The Hall–Kier alpha value is -3.22. The minimum absolute atomic E-state index is 0.165. The molecule has 0 unspecified atom stereocenters. The van der Waals surface area contributed by atoms with Crippen LogP contribution in [0.15, 0.2) is 47.8 Å². The van der Waals surface area contributed by atoms with Crippen LogP contribution < -0.4 is 15.2 Å². The SMILES string of the molecule is Cc1c(N2Cc3cc(OCc4cccnc4)cnc3C2)cn[nH]c1=O. The lowest BCUT2D eigenvalue weighted by Gasteiger charge is -2.18. The van der Waals surface area contributed by atoms with Gasteiger partial charge in [-0.1, -0.05) is 6.07 Å². The van der Waals surface area contributed by atoms with Crippen molar-refractivity contribution in [3.05, 3.63) is 75.7 Å². The number of anilines is 1. The predicted molar refractivity (Wildman–Crippen MR) is 92.3 cm³/mol. The van der Waals surface area contributed by atoms with Gasteiger partial charge in [0.05, 0.1) is 30.3 Å². The molecule has 1 aliphatic heterocycles. The molecular formula is C18H17N5O2. The fraction of sp³-hybridized carbons (Fsp3) is 0.222. The molecule has 4 rings (SSSR count). The Labute approximate surface area is 144 Å². The summed E-state index contributed by atoms with van der Waals surface area (Å²) in [6.07, 6.45) is 6.94. The van der Waals surface area contributed by atoms with Crippen molar-refractivity contribution < 1.29 is 4.74 Å². The molecule has 0 amide bonds. The number of aromatic amines is 1. The number of H-pyrrole nitrogens is 1. The molecule has 126 valence electrons. The van der Waals surface area contributed by atoms with E-state index in [1.54, 1.807) is 31.7 Å². The number of nitrogens with zero attached hydrogens (tertiary/aromatic N) is 4. The zero-order valence-corrected chi connectivity index (χ0v) is 13.8. The molecule has 0 aromatic carbocycles. The molecule has 25 heavy (non-hydrogen) atoms. The van der Waals surface area contributed by atoms with Crippen LogP contribution in [-0.2, 0) is 19.7 Å². The minimum atomic E-state index is -0.165. The van der Waals surface area contributed by atoms with Gasteiger partial charge in [0.1, 0.15) is 12.4 Å². The third kappa shape index (κ3) is 3.08. The summed E-state index contributed by atoms with van der Waals surface area (Å²) in [6.45, 7) is 3.59. The van der Waals surface area contributed by atoms with Gasteiger partial charge in [0.2, 0.25) is 0 Å². The third-order valence-corrected chi connectivity index (χ3v) is 4.28. The number of hydrogen-bond donors (Lipinski definition) is 1. The van der Waals surface area contributed by atoms with Crippen LogP contribution in [0.3, 0.4) is 0 Å². The highest BCUT2D eigenvalue weighted by Gasteiger charge is 2.23. The molecule has 0 saturated heterocycles.